The molecule has 1 aliphatic heterocycles. The monoisotopic (exact) mass is 419 g/mol. The van der Waals surface area contributed by atoms with Crippen LogP contribution < -0.4 is 20.3 Å². The van der Waals surface area contributed by atoms with Crippen LogP contribution in [0.4, 0.5) is 0 Å². The normalized spacial score (nSPS) is 16.2. The second-order valence-corrected chi connectivity index (χ2v) is 7.87. The Hall–Kier alpha value is -2.77. The van der Waals surface area contributed by atoms with Crippen LogP contribution in [0, 0.1) is 11.8 Å². The van der Waals surface area contributed by atoms with Crippen LogP contribution >= 0.6 is 0 Å². The van der Waals surface area contributed by atoms with Crippen LogP contribution in [0.5, 0.6) is 11.5 Å². The number of ether oxygens (including phenoxy) is 2. The van der Waals surface area contributed by atoms with Crippen LogP contribution in [0.3, 0.4) is 0 Å². The minimum absolute atomic E-state index is 0.0410. The van der Waals surface area contributed by atoms with Crippen LogP contribution in [0.15, 0.2) is 18.2 Å². The van der Waals surface area contributed by atoms with Gasteiger partial charge in [0.15, 0.2) is 11.5 Å². The van der Waals surface area contributed by atoms with Gasteiger partial charge in [-0.3, -0.25) is 25.2 Å². The Balaban J connectivity index is 1.90. The Morgan fingerprint density at radius 3 is 2.63 bits per heavy atom. The van der Waals surface area contributed by atoms with Crippen molar-refractivity contribution >= 4 is 17.7 Å². The number of nitrogens with zero attached hydrogens (tertiary/aromatic N) is 1. The Bertz CT molecular complexity index is 750. The van der Waals surface area contributed by atoms with Crippen LogP contribution in [0.1, 0.15) is 56.8 Å². The van der Waals surface area contributed by atoms with Crippen LogP contribution in [-0.4, -0.2) is 49.4 Å². The second-order valence-electron chi connectivity index (χ2n) is 7.87. The fourth-order valence-electron chi connectivity index (χ4n) is 3.27. The van der Waals surface area contributed by atoms with E-state index in [1.54, 1.807) is 30.0 Å². The Kier molecular flexibility index (Phi) is 8.95. The molecule has 166 valence electrons. The number of benzene rings is 1. The first-order valence-corrected chi connectivity index (χ1v) is 10.5. The van der Waals surface area contributed by atoms with Gasteiger partial charge in [-0.15, -0.1) is 0 Å². The highest BCUT2D eigenvalue weighted by molar-refractivity contribution is 5.96. The van der Waals surface area contributed by atoms with Gasteiger partial charge in [0, 0.05) is 25.1 Å². The highest BCUT2D eigenvalue weighted by atomic mass is 16.5. The summed E-state index contributed by atoms with van der Waals surface area (Å²) in [5.41, 5.74) is 5.27. The van der Waals surface area contributed by atoms with Gasteiger partial charge in [0.2, 0.25) is 11.8 Å². The molecule has 1 aliphatic rings. The number of likely N-dealkylation sites (tertiary alicyclic amines) is 1. The molecule has 1 aromatic carbocycles. The molecule has 0 radical (unpaired) electrons. The van der Waals surface area contributed by atoms with Crippen molar-refractivity contribution in [3.63, 3.8) is 0 Å². The van der Waals surface area contributed by atoms with Gasteiger partial charge >= 0.3 is 0 Å². The molecule has 0 spiro atoms. The molecule has 1 unspecified atom stereocenters. The van der Waals surface area contributed by atoms with Crippen LogP contribution in [0.2, 0.25) is 0 Å². The molecule has 8 heteroatoms. The Labute approximate surface area is 178 Å². The number of hydrogen-bond acceptors (Lipinski definition) is 5. The molecule has 1 saturated heterocycles. The van der Waals surface area contributed by atoms with E-state index in [9.17, 15) is 14.4 Å². The summed E-state index contributed by atoms with van der Waals surface area (Å²) in [7, 11) is 1.51. The molecular formula is C22H33N3O5. The smallest absolute Gasteiger partial charge is 0.269 e. The molecular weight excluding hydrogens is 386 g/mol. The number of nitrogens with one attached hydrogen (secondary N) is 2. The number of hydrazine groups is 1. The van der Waals surface area contributed by atoms with E-state index in [0.717, 1.165) is 12.8 Å². The summed E-state index contributed by atoms with van der Waals surface area (Å²) in [5.74, 6) is 0.520. The van der Waals surface area contributed by atoms with E-state index < -0.39 is 5.91 Å². The summed E-state index contributed by atoms with van der Waals surface area (Å²) in [4.78, 5) is 38.5. The van der Waals surface area contributed by atoms with E-state index in [1.807, 2.05) is 0 Å². The SMILES string of the molecule is CCC(=O)N1CCCC(C(=O)NNC(=O)c2ccc(OCCC(C)C)c(OC)c2)C1. The first-order valence-electron chi connectivity index (χ1n) is 10.5. The molecule has 3 amide bonds. The van der Waals surface area contributed by atoms with Gasteiger partial charge < -0.3 is 14.4 Å². The molecule has 2 N–H and O–H groups in total. The van der Waals surface area contributed by atoms with Crippen molar-refractivity contribution in [2.24, 2.45) is 11.8 Å². The van der Waals surface area contributed by atoms with E-state index >= 15 is 0 Å². The minimum Gasteiger partial charge on any atom is -0.493 e. The largest absolute Gasteiger partial charge is 0.493 e. The second kappa shape index (κ2) is 11.4. The van der Waals surface area contributed by atoms with Gasteiger partial charge in [-0.25, -0.2) is 0 Å². The van der Waals surface area contributed by atoms with Gasteiger partial charge in [0.05, 0.1) is 19.6 Å². The summed E-state index contributed by atoms with van der Waals surface area (Å²) in [6.07, 6.45) is 2.79. The number of amides is 3. The number of rotatable bonds is 8. The highest BCUT2D eigenvalue weighted by Gasteiger charge is 2.28. The van der Waals surface area contributed by atoms with Crippen molar-refractivity contribution in [3.8, 4) is 11.5 Å². The zero-order valence-corrected chi connectivity index (χ0v) is 18.3. The summed E-state index contributed by atoms with van der Waals surface area (Å²) in [5, 5.41) is 0. The number of methoxy groups -OCH3 is 1. The number of piperidine rings is 1. The molecule has 1 aromatic rings. The van der Waals surface area contributed by atoms with Gasteiger partial charge in [-0.2, -0.15) is 0 Å². The van der Waals surface area contributed by atoms with Crippen molar-refractivity contribution in [3.05, 3.63) is 23.8 Å². The van der Waals surface area contributed by atoms with Gasteiger partial charge in [-0.05, 0) is 43.4 Å². The lowest BCUT2D eigenvalue weighted by Crippen LogP contribution is -2.49. The predicted molar refractivity (Wildman–Crippen MR) is 113 cm³/mol. The molecule has 2 rings (SSSR count). The maximum absolute atomic E-state index is 12.4. The molecule has 1 heterocycles. The lowest BCUT2D eigenvalue weighted by atomic mass is 9.97. The zero-order chi connectivity index (χ0) is 22.1. The average Bonchev–Trinajstić information content (AvgIpc) is 2.76. The first-order chi connectivity index (χ1) is 14.3. The van der Waals surface area contributed by atoms with Crippen molar-refractivity contribution in [1.29, 1.82) is 0 Å². The van der Waals surface area contributed by atoms with Crippen LogP contribution in [0.25, 0.3) is 0 Å². The molecule has 0 saturated carbocycles. The average molecular weight is 420 g/mol. The van der Waals surface area contributed by atoms with Gasteiger partial charge in [0.1, 0.15) is 0 Å². The standard InChI is InChI=1S/C22H33N3O5/c1-5-20(26)25-11-6-7-17(14-25)22(28)24-23-21(27)16-8-9-18(19(13-16)29-4)30-12-10-15(2)3/h8-9,13,15,17H,5-7,10-12,14H2,1-4H3,(H,23,27)(H,24,28). The van der Waals surface area contributed by atoms with Gasteiger partial charge in [-0.1, -0.05) is 20.8 Å². The highest BCUT2D eigenvalue weighted by Crippen LogP contribution is 2.28. The Morgan fingerprint density at radius 1 is 1.20 bits per heavy atom. The van der Waals surface area contributed by atoms with E-state index in [-0.39, 0.29) is 17.7 Å². The fraction of sp³-hybridized carbons (Fsp3) is 0.591. The number of carbonyl (C=O) groups is 3. The molecule has 0 bridgehead atoms. The van der Waals surface area contributed by atoms with E-state index in [2.05, 4.69) is 24.7 Å². The third-order valence-electron chi connectivity index (χ3n) is 5.13. The van der Waals surface area contributed by atoms with Crippen molar-refractivity contribution < 1.29 is 23.9 Å². The predicted octanol–water partition coefficient (Wildman–Crippen LogP) is 2.53. The number of carbonyl (C=O) groups excluding carboxylic acids is 3. The minimum atomic E-state index is -0.451. The van der Waals surface area contributed by atoms with E-state index in [1.165, 1.54) is 7.11 Å². The first kappa shape index (κ1) is 23.5. The lowest BCUT2D eigenvalue weighted by Gasteiger charge is -2.31. The molecule has 1 fully saturated rings. The summed E-state index contributed by atoms with van der Waals surface area (Å²) < 4.78 is 11.1. The van der Waals surface area contributed by atoms with Crippen molar-refractivity contribution in [2.45, 2.75) is 46.5 Å². The topological polar surface area (TPSA) is 97.0 Å². The van der Waals surface area contributed by atoms with E-state index in [4.69, 9.17) is 9.47 Å². The summed E-state index contributed by atoms with van der Waals surface area (Å²) >= 11 is 0. The summed E-state index contributed by atoms with van der Waals surface area (Å²) in [6.45, 7) is 7.66. The molecule has 0 aliphatic carbocycles. The Morgan fingerprint density at radius 2 is 1.97 bits per heavy atom. The molecule has 1 atom stereocenters. The van der Waals surface area contributed by atoms with Crippen LogP contribution in [-0.2, 0) is 9.59 Å². The fourth-order valence-corrected chi connectivity index (χ4v) is 3.27. The zero-order valence-electron chi connectivity index (χ0n) is 18.3. The molecule has 30 heavy (non-hydrogen) atoms. The van der Waals surface area contributed by atoms with Crippen molar-refractivity contribution in [1.82, 2.24) is 15.8 Å². The van der Waals surface area contributed by atoms with Crippen molar-refractivity contribution in [2.75, 3.05) is 26.8 Å². The maximum Gasteiger partial charge on any atom is 0.269 e. The summed E-state index contributed by atoms with van der Waals surface area (Å²) in [6, 6.07) is 4.89. The quantitative estimate of drug-likeness (QED) is 0.631. The third kappa shape index (κ3) is 6.64. The third-order valence-corrected chi connectivity index (χ3v) is 5.13. The molecule has 0 aromatic heterocycles. The maximum atomic E-state index is 12.4. The molecule has 8 nitrogen and oxygen atoms in total. The lowest BCUT2D eigenvalue weighted by molar-refractivity contribution is -0.135. The van der Waals surface area contributed by atoms with Gasteiger partial charge in [0.25, 0.3) is 5.91 Å². The van der Waals surface area contributed by atoms with E-state index in [0.29, 0.717) is 55.5 Å². The number of hydrogen-bond donors (Lipinski definition) is 2.